The number of hydrogen-bond acceptors (Lipinski definition) is 4. The molecule has 0 saturated heterocycles. The van der Waals surface area contributed by atoms with Gasteiger partial charge in [-0.1, -0.05) is 18.2 Å². The molecule has 4 fully saturated rings. The molecule has 6 heteroatoms. The standard InChI is InChI=1S/C31H32N4O2/c1-2-37-28-10-8-26(9-11-28)33-30(36)24(19-32)15-25-20-35(27-6-4-3-5-7-27)34-29(25)31-16-21-12-22(17-31)14-23(13-21)18-31/h3-11,15,20-23H,2,12-14,16-18H2,1H3,(H,33,36)/b24-15-. The highest BCUT2D eigenvalue weighted by Gasteiger charge is 2.53. The Bertz CT molecular complexity index is 1330. The Hall–Kier alpha value is -3.85. The summed E-state index contributed by atoms with van der Waals surface area (Å²) >= 11 is 0. The number of aromatic nitrogens is 2. The maximum Gasteiger partial charge on any atom is 0.266 e. The highest BCUT2D eigenvalue weighted by Crippen LogP contribution is 2.61. The van der Waals surface area contributed by atoms with Gasteiger partial charge in [0, 0.05) is 22.9 Å². The Morgan fingerprint density at radius 3 is 2.32 bits per heavy atom. The molecule has 0 spiro atoms. The predicted molar refractivity (Wildman–Crippen MR) is 143 cm³/mol. The fourth-order valence-electron chi connectivity index (χ4n) is 7.32. The molecule has 188 valence electrons. The van der Waals surface area contributed by atoms with Gasteiger partial charge in [-0.25, -0.2) is 4.68 Å². The van der Waals surface area contributed by atoms with Crippen molar-refractivity contribution in [2.45, 2.75) is 50.9 Å². The molecule has 3 aromatic rings. The molecule has 0 atom stereocenters. The average Bonchev–Trinajstić information content (AvgIpc) is 3.33. The number of ether oxygens (including phenoxy) is 1. The van der Waals surface area contributed by atoms with Crippen LogP contribution in [0.25, 0.3) is 11.8 Å². The fraction of sp³-hybridized carbons (Fsp3) is 0.387. The van der Waals surface area contributed by atoms with Gasteiger partial charge in [0.1, 0.15) is 17.4 Å². The highest BCUT2D eigenvalue weighted by atomic mass is 16.5. The molecule has 0 aliphatic heterocycles. The number of nitrogens with zero attached hydrogens (tertiary/aromatic N) is 3. The third kappa shape index (κ3) is 4.55. The molecule has 4 bridgehead atoms. The summed E-state index contributed by atoms with van der Waals surface area (Å²) in [6.45, 7) is 2.51. The van der Waals surface area contributed by atoms with Gasteiger partial charge in [-0.2, -0.15) is 10.4 Å². The first-order chi connectivity index (χ1) is 18.0. The van der Waals surface area contributed by atoms with Gasteiger partial charge in [0.25, 0.3) is 5.91 Å². The van der Waals surface area contributed by atoms with E-state index >= 15 is 0 Å². The van der Waals surface area contributed by atoms with Gasteiger partial charge in [-0.15, -0.1) is 0 Å². The van der Waals surface area contributed by atoms with Gasteiger partial charge in [-0.3, -0.25) is 4.79 Å². The lowest BCUT2D eigenvalue weighted by Crippen LogP contribution is -2.49. The molecule has 7 rings (SSSR count). The Balaban J connectivity index is 1.35. The molecular weight excluding hydrogens is 460 g/mol. The summed E-state index contributed by atoms with van der Waals surface area (Å²) in [6.07, 6.45) is 11.2. The van der Waals surface area contributed by atoms with Crippen LogP contribution in [0, 0.1) is 29.1 Å². The summed E-state index contributed by atoms with van der Waals surface area (Å²) in [6, 6.07) is 19.4. The maximum absolute atomic E-state index is 13.1. The van der Waals surface area contributed by atoms with Gasteiger partial charge >= 0.3 is 0 Å². The minimum atomic E-state index is -0.421. The number of para-hydroxylation sites is 1. The molecule has 4 aliphatic rings. The lowest BCUT2D eigenvalue weighted by atomic mass is 9.48. The summed E-state index contributed by atoms with van der Waals surface area (Å²) in [5.74, 6) is 2.62. The molecule has 1 N–H and O–H groups in total. The van der Waals surface area contributed by atoms with Crippen LogP contribution in [0.3, 0.4) is 0 Å². The van der Waals surface area contributed by atoms with Gasteiger partial charge in [0.15, 0.2) is 0 Å². The first kappa shape index (κ1) is 23.5. The van der Waals surface area contributed by atoms with Crippen LogP contribution in [0.5, 0.6) is 5.75 Å². The second-order valence-corrected chi connectivity index (χ2v) is 11.0. The van der Waals surface area contributed by atoms with Gasteiger partial charge < -0.3 is 10.1 Å². The second-order valence-electron chi connectivity index (χ2n) is 11.0. The van der Waals surface area contributed by atoms with Crippen LogP contribution in [-0.2, 0) is 10.2 Å². The Morgan fingerprint density at radius 1 is 1.08 bits per heavy atom. The number of carbonyl (C=O) groups is 1. The number of carbonyl (C=O) groups excluding carboxylic acids is 1. The zero-order valence-corrected chi connectivity index (χ0v) is 21.2. The first-order valence-electron chi connectivity index (χ1n) is 13.4. The summed E-state index contributed by atoms with van der Waals surface area (Å²) in [7, 11) is 0. The van der Waals surface area contributed by atoms with Crippen molar-refractivity contribution in [2.24, 2.45) is 17.8 Å². The maximum atomic E-state index is 13.1. The van der Waals surface area contributed by atoms with E-state index in [9.17, 15) is 10.1 Å². The minimum Gasteiger partial charge on any atom is -0.494 e. The number of anilines is 1. The van der Waals surface area contributed by atoms with Crippen LogP contribution in [0.1, 0.15) is 56.7 Å². The van der Waals surface area contributed by atoms with Crippen LogP contribution in [0.15, 0.2) is 66.4 Å². The zero-order chi connectivity index (χ0) is 25.4. The molecule has 6 nitrogen and oxygen atoms in total. The molecule has 1 aromatic heterocycles. The van der Waals surface area contributed by atoms with Crippen LogP contribution in [0.2, 0.25) is 0 Å². The van der Waals surface area contributed by atoms with Crippen LogP contribution in [0.4, 0.5) is 5.69 Å². The third-order valence-corrected chi connectivity index (χ3v) is 8.39. The van der Waals surface area contributed by atoms with E-state index in [2.05, 4.69) is 11.4 Å². The minimum absolute atomic E-state index is 0.0345. The van der Waals surface area contributed by atoms with Crippen molar-refractivity contribution >= 4 is 17.7 Å². The molecular formula is C31H32N4O2. The number of nitriles is 1. The number of benzene rings is 2. The summed E-state index contributed by atoms with van der Waals surface area (Å²) in [5, 5.41) is 18.0. The highest BCUT2D eigenvalue weighted by molar-refractivity contribution is 6.09. The van der Waals surface area contributed by atoms with E-state index in [1.165, 1.54) is 19.3 Å². The third-order valence-electron chi connectivity index (χ3n) is 8.39. The Kier molecular flexibility index (Phi) is 6.08. The number of amides is 1. The van der Waals surface area contributed by atoms with E-state index in [1.807, 2.05) is 60.3 Å². The smallest absolute Gasteiger partial charge is 0.266 e. The number of hydrogen-bond donors (Lipinski definition) is 1. The summed E-state index contributed by atoms with van der Waals surface area (Å²) in [5.41, 5.74) is 3.64. The monoisotopic (exact) mass is 492 g/mol. The molecule has 0 radical (unpaired) electrons. The number of rotatable bonds is 7. The largest absolute Gasteiger partial charge is 0.494 e. The molecule has 4 aliphatic carbocycles. The van der Waals surface area contributed by atoms with Crippen molar-refractivity contribution in [1.29, 1.82) is 5.26 Å². The molecule has 37 heavy (non-hydrogen) atoms. The van der Waals surface area contributed by atoms with Crippen LogP contribution >= 0.6 is 0 Å². The van der Waals surface area contributed by atoms with Gasteiger partial charge in [0.2, 0.25) is 0 Å². The van der Waals surface area contributed by atoms with Gasteiger partial charge in [-0.05, 0) is 106 Å². The van der Waals surface area contributed by atoms with E-state index in [0.717, 1.165) is 59.7 Å². The molecule has 2 aromatic carbocycles. The van der Waals surface area contributed by atoms with E-state index in [1.54, 1.807) is 18.2 Å². The predicted octanol–water partition coefficient (Wildman–Crippen LogP) is 6.28. The van der Waals surface area contributed by atoms with E-state index in [4.69, 9.17) is 9.84 Å². The van der Waals surface area contributed by atoms with Crippen molar-refractivity contribution in [2.75, 3.05) is 11.9 Å². The Labute approximate surface area is 218 Å². The second kappa shape index (κ2) is 9.55. The summed E-state index contributed by atoms with van der Waals surface area (Å²) < 4.78 is 7.40. The topological polar surface area (TPSA) is 79.9 Å². The van der Waals surface area contributed by atoms with Crippen LogP contribution < -0.4 is 10.1 Å². The van der Waals surface area contributed by atoms with Crippen molar-refractivity contribution in [3.8, 4) is 17.5 Å². The van der Waals surface area contributed by atoms with E-state index < -0.39 is 5.91 Å². The lowest BCUT2D eigenvalue weighted by molar-refractivity contribution is -0.112. The molecule has 4 saturated carbocycles. The van der Waals surface area contributed by atoms with E-state index in [-0.39, 0.29) is 11.0 Å². The van der Waals surface area contributed by atoms with Crippen molar-refractivity contribution in [1.82, 2.24) is 9.78 Å². The van der Waals surface area contributed by atoms with Crippen molar-refractivity contribution in [3.63, 3.8) is 0 Å². The lowest BCUT2D eigenvalue weighted by Gasteiger charge is -2.56. The number of nitrogens with one attached hydrogen (secondary N) is 1. The van der Waals surface area contributed by atoms with Crippen molar-refractivity contribution < 1.29 is 9.53 Å². The average molecular weight is 493 g/mol. The Morgan fingerprint density at radius 2 is 1.73 bits per heavy atom. The van der Waals surface area contributed by atoms with Crippen LogP contribution in [-0.4, -0.2) is 22.3 Å². The van der Waals surface area contributed by atoms with Crippen molar-refractivity contribution in [3.05, 3.63) is 77.6 Å². The van der Waals surface area contributed by atoms with E-state index in [0.29, 0.717) is 12.3 Å². The zero-order valence-electron chi connectivity index (χ0n) is 21.2. The molecule has 1 heterocycles. The fourth-order valence-corrected chi connectivity index (χ4v) is 7.32. The SMILES string of the molecule is CCOc1ccc(NC(=O)/C(C#N)=C\c2cn(-c3ccccc3)nc2C23CC4CC(CC(C4)C2)C3)cc1. The first-order valence-corrected chi connectivity index (χ1v) is 13.4. The molecule has 1 amide bonds. The molecule has 0 unspecified atom stereocenters. The quantitative estimate of drug-likeness (QED) is 0.311. The normalized spacial score (nSPS) is 26.1. The van der Waals surface area contributed by atoms with Gasteiger partial charge in [0.05, 0.1) is 18.0 Å². The summed E-state index contributed by atoms with van der Waals surface area (Å²) in [4.78, 5) is 13.1.